The van der Waals surface area contributed by atoms with Crippen molar-refractivity contribution in [2.75, 3.05) is 17.3 Å². The molecule has 0 aliphatic rings. The minimum Gasteiger partial charge on any atom is -0.492 e. The first-order valence-electron chi connectivity index (χ1n) is 10.1. The zero-order chi connectivity index (χ0) is 21.5. The van der Waals surface area contributed by atoms with E-state index in [1.807, 2.05) is 55.5 Å². The topological polar surface area (TPSA) is 55.3 Å². The van der Waals surface area contributed by atoms with Gasteiger partial charge in [-0.05, 0) is 42.8 Å². The van der Waals surface area contributed by atoms with Crippen LogP contribution in [0, 0.1) is 0 Å². The Hall–Kier alpha value is -2.90. The van der Waals surface area contributed by atoms with Crippen LogP contribution >= 0.6 is 23.1 Å². The number of thiazole rings is 1. The van der Waals surface area contributed by atoms with Crippen molar-refractivity contribution in [3.05, 3.63) is 78.6 Å². The largest absolute Gasteiger partial charge is 0.492 e. The molecule has 0 saturated carbocycles. The maximum Gasteiger partial charge on any atom is 0.229 e. The lowest BCUT2D eigenvalue weighted by atomic mass is 10.2. The Balaban J connectivity index is 1.57. The van der Waals surface area contributed by atoms with Crippen molar-refractivity contribution in [3.8, 4) is 5.75 Å². The van der Waals surface area contributed by atoms with E-state index < -0.39 is 0 Å². The maximum absolute atomic E-state index is 13.3. The van der Waals surface area contributed by atoms with Gasteiger partial charge in [0.1, 0.15) is 11.3 Å². The Bertz CT molecular complexity index is 1130. The third-order valence-electron chi connectivity index (χ3n) is 4.59. The Morgan fingerprint density at radius 2 is 1.97 bits per heavy atom. The summed E-state index contributed by atoms with van der Waals surface area (Å²) in [5, 5.41) is 0.681. The molecule has 2 heterocycles. The van der Waals surface area contributed by atoms with Gasteiger partial charge in [-0.3, -0.25) is 14.7 Å². The lowest BCUT2D eigenvalue weighted by Crippen LogP contribution is -2.30. The summed E-state index contributed by atoms with van der Waals surface area (Å²) in [4.78, 5) is 25.2. The van der Waals surface area contributed by atoms with Crippen molar-refractivity contribution in [3.63, 3.8) is 0 Å². The quantitative estimate of drug-likeness (QED) is 0.302. The second-order valence-electron chi connectivity index (χ2n) is 6.79. The highest BCUT2D eigenvalue weighted by Crippen LogP contribution is 2.35. The first-order valence-corrected chi connectivity index (χ1v) is 11.9. The van der Waals surface area contributed by atoms with Crippen LogP contribution in [0.2, 0.25) is 0 Å². The molecule has 4 aromatic rings. The Morgan fingerprint density at radius 1 is 1.10 bits per heavy atom. The number of hydrogen-bond donors (Lipinski definition) is 0. The standard InChI is InChI=1S/C24H23N3O2S2/c1-2-29-20-11-6-12-21-23(20)26-24(31-21)27(17-18-8-7-14-25-16-18)22(28)13-15-30-19-9-4-3-5-10-19/h3-12,14,16H,2,13,15,17H2,1H3. The molecule has 31 heavy (non-hydrogen) atoms. The summed E-state index contributed by atoms with van der Waals surface area (Å²) in [5.41, 5.74) is 1.77. The van der Waals surface area contributed by atoms with Crippen LogP contribution in [0.4, 0.5) is 5.13 Å². The fraction of sp³-hybridized carbons (Fsp3) is 0.208. The van der Waals surface area contributed by atoms with Gasteiger partial charge in [0.05, 0.1) is 17.9 Å². The molecule has 0 unspecified atom stereocenters. The van der Waals surface area contributed by atoms with Gasteiger partial charge in [0.2, 0.25) is 5.91 Å². The molecule has 0 N–H and O–H groups in total. The number of ether oxygens (including phenoxy) is 1. The van der Waals surface area contributed by atoms with Crippen molar-refractivity contribution in [1.82, 2.24) is 9.97 Å². The number of pyridine rings is 1. The predicted octanol–water partition coefficient (Wildman–Crippen LogP) is 5.81. The summed E-state index contributed by atoms with van der Waals surface area (Å²) in [6.45, 7) is 2.96. The Morgan fingerprint density at radius 3 is 2.74 bits per heavy atom. The van der Waals surface area contributed by atoms with Crippen molar-refractivity contribution in [2.45, 2.75) is 24.8 Å². The highest BCUT2D eigenvalue weighted by atomic mass is 32.2. The fourth-order valence-corrected chi connectivity index (χ4v) is 5.01. The molecule has 1 amide bonds. The first kappa shape index (κ1) is 21.3. The van der Waals surface area contributed by atoms with Crippen LogP contribution in [0.3, 0.4) is 0 Å². The van der Waals surface area contributed by atoms with Crippen molar-refractivity contribution < 1.29 is 9.53 Å². The average Bonchev–Trinajstić information content (AvgIpc) is 3.24. The van der Waals surface area contributed by atoms with E-state index >= 15 is 0 Å². The minimum absolute atomic E-state index is 0.0456. The number of benzene rings is 2. The van der Waals surface area contributed by atoms with E-state index in [0.717, 1.165) is 26.4 Å². The second-order valence-corrected chi connectivity index (χ2v) is 8.96. The van der Waals surface area contributed by atoms with Crippen molar-refractivity contribution >= 4 is 44.4 Å². The molecule has 0 radical (unpaired) electrons. The number of nitrogens with zero attached hydrogens (tertiary/aromatic N) is 3. The van der Waals surface area contributed by atoms with Gasteiger partial charge >= 0.3 is 0 Å². The molecule has 0 aliphatic heterocycles. The lowest BCUT2D eigenvalue weighted by Gasteiger charge is -2.20. The van der Waals surface area contributed by atoms with Crippen LogP contribution in [-0.4, -0.2) is 28.2 Å². The molecular formula is C24H23N3O2S2. The SMILES string of the molecule is CCOc1cccc2sc(N(Cc3cccnc3)C(=O)CCSc3ccccc3)nc12. The van der Waals surface area contributed by atoms with Crippen LogP contribution in [-0.2, 0) is 11.3 Å². The highest BCUT2D eigenvalue weighted by Gasteiger charge is 2.21. The molecule has 0 bridgehead atoms. The summed E-state index contributed by atoms with van der Waals surface area (Å²) in [6, 6.07) is 19.9. The molecule has 2 aromatic carbocycles. The van der Waals surface area contributed by atoms with E-state index in [4.69, 9.17) is 9.72 Å². The van der Waals surface area contributed by atoms with Gasteiger partial charge in [-0.2, -0.15) is 0 Å². The molecule has 0 aliphatic carbocycles. The molecule has 7 heteroatoms. The van der Waals surface area contributed by atoms with E-state index in [9.17, 15) is 4.79 Å². The van der Waals surface area contributed by atoms with Gasteiger partial charge in [-0.1, -0.05) is 41.7 Å². The fourth-order valence-electron chi connectivity index (χ4n) is 3.14. The summed E-state index contributed by atoms with van der Waals surface area (Å²) in [7, 11) is 0. The molecule has 0 saturated heterocycles. The van der Waals surface area contributed by atoms with Crippen molar-refractivity contribution in [1.29, 1.82) is 0 Å². The van der Waals surface area contributed by atoms with Gasteiger partial charge in [0.25, 0.3) is 0 Å². The second kappa shape index (κ2) is 10.4. The van der Waals surface area contributed by atoms with Gasteiger partial charge < -0.3 is 4.74 Å². The van der Waals surface area contributed by atoms with E-state index in [1.54, 1.807) is 29.1 Å². The molecular weight excluding hydrogens is 426 g/mol. The monoisotopic (exact) mass is 449 g/mol. The molecule has 158 valence electrons. The summed E-state index contributed by atoms with van der Waals surface area (Å²) >= 11 is 3.19. The first-order chi connectivity index (χ1) is 15.2. The summed E-state index contributed by atoms with van der Waals surface area (Å²) in [6.07, 6.45) is 3.95. The molecule has 0 spiro atoms. The molecule has 0 atom stereocenters. The zero-order valence-corrected chi connectivity index (χ0v) is 18.9. The normalized spacial score (nSPS) is 10.9. The Kier molecular flexibility index (Phi) is 7.17. The Labute approximate surface area is 190 Å². The van der Waals surface area contributed by atoms with Crippen LogP contribution < -0.4 is 9.64 Å². The molecule has 5 nitrogen and oxygen atoms in total. The van der Waals surface area contributed by atoms with Gasteiger partial charge in [0.15, 0.2) is 5.13 Å². The van der Waals surface area contributed by atoms with Crippen LogP contribution in [0.15, 0.2) is 78.0 Å². The van der Waals surface area contributed by atoms with Crippen LogP contribution in [0.5, 0.6) is 5.75 Å². The maximum atomic E-state index is 13.3. The van der Waals surface area contributed by atoms with Gasteiger partial charge in [0, 0.05) is 29.5 Å². The van der Waals surface area contributed by atoms with E-state index in [1.165, 1.54) is 11.3 Å². The molecule has 0 fully saturated rings. The third kappa shape index (κ3) is 5.42. The number of carbonyl (C=O) groups excluding carboxylic acids is 1. The number of aromatic nitrogens is 2. The summed E-state index contributed by atoms with van der Waals surface area (Å²) < 4.78 is 6.74. The summed E-state index contributed by atoms with van der Waals surface area (Å²) in [5.74, 6) is 1.50. The highest BCUT2D eigenvalue weighted by molar-refractivity contribution is 7.99. The average molecular weight is 450 g/mol. The predicted molar refractivity (Wildman–Crippen MR) is 128 cm³/mol. The number of rotatable bonds is 9. The number of amides is 1. The van der Waals surface area contributed by atoms with Crippen molar-refractivity contribution in [2.24, 2.45) is 0 Å². The number of thioether (sulfide) groups is 1. The minimum atomic E-state index is 0.0456. The van der Waals surface area contributed by atoms with E-state index in [0.29, 0.717) is 30.5 Å². The number of fused-ring (bicyclic) bond motifs is 1. The van der Waals surface area contributed by atoms with Crippen LogP contribution in [0.25, 0.3) is 10.2 Å². The molecule has 4 rings (SSSR count). The van der Waals surface area contributed by atoms with E-state index in [2.05, 4.69) is 17.1 Å². The third-order valence-corrected chi connectivity index (χ3v) is 6.65. The number of hydrogen-bond acceptors (Lipinski definition) is 6. The van der Waals surface area contributed by atoms with E-state index in [-0.39, 0.29) is 5.91 Å². The lowest BCUT2D eigenvalue weighted by molar-refractivity contribution is -0.118. The van der Waals surface area contributed by atoms with Gasteiger partial charge in [-0.15, -0.1) is 11.8 Å². The number of carbonyl (C=O) groups is 1. The smallest absolute Gasteiger partial charge is 0.229 e. The van der Waals surface area contributed by atoms with Crippen LogP contribution in [0.1, 0.15) is 18.9 Å². The van der Waals surface area contributed by atoms with Gasteiger partial charge in [-0.25, -0.2) is 4.98 Å². The number of para-hydroxylation sites is 1. The zero-order valence-electron chi connectivity index (χ0n) is 17.2. The molecule has 2 aromatic heterocycles. The number of anilines is 1.